The average Bonchev–Trinajstić information content (AvgIpc) is 2.75. The number of rotatable bonds is 4. The molecule has 1 unspecified atom stereocenters. The van der Waals surface area contributed by atoms with E-state index in [4.69, 9.17) is 11.6 Å². The van der Waals surface area contributed by atoms with Gasteiger partial charge in [0.1, 0.15) is 10.6 Å². The first-order valence-electron chi connectivity index (χ1n) is 7.40. The Labute approximate surface area is 128 Å². The Morgan fingerprint density at radius 2 is 2.25 bits per heavy atom. The minimum atomic E-state index is 0.350. The van der Waals surface area contributed by atoms with Crippen LogP contribution < -0.4 is 5.32 Å². The quantitative estimate of drug-likeness (QED) is 0.658. The third kappa shape index (κ3) is 2.63. The second-order valence-electron chi connectivity index (χ2n) is 5.65. The first-order chi connectivity index (χ1) is 9.69. The number of aromatic nitrogens is 2. The molecule has 0 bridgehead atoms. The Morgan fingerprint density at radius 3 is 3.05 bits per heavy atom. The van der Waals surface area contributed by atoms with Crippen molar-refractivity contribution >= 4 is 39.0 Å². The maximum atomic E-state index is 6.07. The van der Waals surface area contributed by atoms with Gasteiger partial charge in [-0.05, 0) is 48.8 Å². The van der Waals surface area contributed by atoms with Crippen LogP contribution in [0.15, 0.2) is 0 Å². The number of hydrogen-bond acceptors (Lipinski definition) is 4. The highest BCUT2D eigenvalue weighted by atomic mass is 35.5. The molecule has 0 saturated heterocycles. The Kier molecular flexibility index (Phi) is 4.13. The highest BCUT2D eigenvalue weighted by Gasteiger charge is 2.23. The second kappa shape index (κ2) is 5.86. The van der Waals surface area contributed by atoms with Gasteiger partial charge in [0.15, 0.2) is 0 Å². The SMILES string of the molecule is CCCCNc1nc(Cl)nc2sc3c(c12)CCC(C)C3. The molecule has 0 amide bonds. The molecule has 20 heavy (non-hydrogen) atoms. The lowest BCUT2D eigenvalue weighted by atomic mass is 9.89. The monoisotopic (exact) mass is 309 g/mol. The number of aryl methyl sites for hydroxylation is 1. The van der Waals surface area contributed by atoms with Gasteiger partial charge in [-0.3, -0.25) is 0 Å². The molecule has 0 spiro atoms. The van der Waals surface area contributed by atoms with Gasteiger partial charge < -0.3 is 5.32 Å². The summed E-state index contributed by atoms with van der Waals surface area (Å²) in [6, 6.07) is 0. The van der Waals surface area contributed by atoms with E-state index < -0.39 is 0 Å². The maximum absolute atomic E-state index is 6.07. The van der Waals surface area contributed by atoms with Crippen LogP contribution >= 0.6 is 22.9 Å². The number of fused-ring (bicyclic) bond motifs is 3. The van der Waals surface area contributed by atoms with Crippen molar-refractivity contribution in [2.75, 3.05) is 11.9 Å². The Hall–Kier alpha value is -0.870. The van der Waals surface area contributed by atoms with E-state index in [2.05, 4.69) is 29.1 Å². The molecule has 2 heterocycles. The lowest BCUT2D eigenvalue weighted by Gasteiger charge is -2.18. The van der Waals surface area contributed by atoms with Crippen molar-refractivity contribution in [1.29, 1.82) is 0 Å². The number of nitrogens with zero attached hydrogens (tertiary/aromatic N) is 2. The highest BCUT2D eigenvalue weighted by molar-refractivity contribution is 7.19. The largest absolute Gasteiger partial charge is 0.369 e. The van der Waals surface area contributed by atoms with Gasteiger partial charge in [-0.15, -0.1) is 11.3 Å². The van der Waals surface area contributed by atoms with Gasteiger partial charge in [-0.25, -0.2) is 9.97 Å². The van der Waals surface area contributed by atoms with Gasteiger partial charge in [0.2, 0.25) is 5.28 Å². The predicted octanol–water partition coefficient (Wildman–Crippen LogP) is 4.68. The average molecular weight is 310 g/mol. The van der Waals surface area contributed by atoms with Crippen molar-refractivity contribution in [3.05, 3.63) is 15.7 Å². The van der Waals surface area contributed by atoms with E-state index >= 15 is 0 Å². The summed E-state index contributed by atoms with van der Waals surface area (Å²) < 4.78 is 0. The van der Waals surface area contributed by atoms with Crippen LogP contribution in [0, 0.1) is 5.92 Å². The molecule has 1 aliphatic rings. The number of halogens is 1. The van der Waals surface area contributed by atoms with E-state index in [1.165, 1.54) is 35.1 Å². The fourth-order valence-corrected chi connectivity index (χ4v) is 4.43. The molecule has 108 valence electrons. The van der Waals surface area contributed by atoms with Crippen LogP contribution in [0.3, 0.4) is 0 Å². The zero-order valence-electron chi connectivity index (χ0n) is 12.0. The van der Waals surface area contributed by atoms with E-state index in [9.17, 15) is 0 Å². The van der Waals surface area contributed by atoms with Crippen molar-refractivity contribution < 1.29 is 0 Å². The van der Waals surface area contributed by atoms with Gasteiger partial charge in [0.05, 0.1) is 5.39 Å². The van der Waals surface area contributed by atoms with E-state index in [-0.39, 0.29) is 0 Å². The smallest absolute Gasteiger partial charge is 0.225 e. The van der Waals surface area contributed by atoms with Gasteiger partial charge in [0, 0.05) is 11.4 Å². The molecule has 2 aromatic rings. The summed E-state index contributed by atoms with van der Waals surface area (Å²) in [5.74, 6) is 1.70. The van der Waals surface area contributed by atoms with Crippen molar-refractivity contribution in [2.24, 2.45) is 5.92 Å². The molecule has 0 saturated carbocycles. The van der Waals surface area contributed by atoms with E-state index in [0.717, 1.165) is 36.0 Å². The summed E-state index contributed by atoms with van der Waals surface area (Å²) in [6.45, 7) is 5.46. The molecule has 1 N–H and O–H groups in total. The first kappa shape index (κ1) is 14.1. The minimum Gasteiger partial charge on any atom is -0.369 e. The summed E-state index contributed by atoms with van der Waals surface area (Å²) in [5, 5.41) is 5.02. The zero-order valence-corrected chi connectivity index (χ0v) is 13.6. The summed E-state index contributed by atoms with van der Waals surface area (Å²) in [6.07, 6.45) is 5.89. The third-order valence-electron chi connectivity index (χ3n) is 3.95. The number of thiophene rings is 1. The number of anilines is 1. The predicted molar refractivity (Wildman–Crippen MR) is 87.0 cm³/mol. The summed E-state index contributed by atoms with van der Waals surface area (Å²) in [7, 11) is 0. The molecule has 0 fully saturated rings. The normalized spacial score (nSPS) is 18.2. The van der Waals surface area contributed by atoms with Crippen LogP contribution in [0.5, 0.6) is 0 Å². The van der Waals surface area contributed by atoms with Crippen molar-refractivity contribution in [2.45, 2.75) is 46.0 Å². The van der Waals surface area contributed by atoms with Gasteiger partial charge in [0.25, 0.3) is 0 Å². The standard InChI is InChI=1S/C15H20ClN3S/c1-3-4-7-17-13-12-10-6-5-9(2)8-11(10)20-14(12)19-15(16)18-13/h9H,3-8H2,1-2H3,(H,17,18,19). The zero-order chi connectivity index (χ0) is 14.1. The topological polar surface area (TPSA) is 37.8 Å². The Morgan fingerprint density at radius 1 is 1.40 bits per heavy atom. The summed E-state index contributed by atoms with van der Waals surface area (Å²) in [5.41, 5.74) is 1.46. The van der Waals surface area contributed by atoms with Crippen LogP contribution in [0.25, 0.3) is 10.2 Å². The lowest BCUT2D eigenvalue weighted by molar-refractivity contribution is 0.509. The lowest BCUT2D eigenvalue weighted by Crippen LogP contribution is -2.10. The van der Waals surface area contributed by atoms with Gasteiger partial charge in [-0.1, -0.05) is 20.3 Å². The molecular formula is C15H20ClN3S. The Bertz CT molecular complexity index is 623. The Balaban J connectivity index is 2.04. The van der Waals surface area contributed by atoms with E-state index in [1.54, 1.807) is 11.3 Å². The van der Waals surface area contributed by atoms with Gasteiger partial charge in [-0.2, -0.15) is 0 Å². The molecular weight excluding hydrogens is 290 g/mol. The number of unbranched alkanes of at least 4 members (excludes halogenated alkanes) is 1. The molecule has 0 aromatic carbocycles. The number of nitrogens with one attached hydrogen (secondary N) is 1. The third-order valence-corrected chi connectivity index (χ3v) is 5.27. The molecule has 2 aromatic heterocycles. The van der Waals surface area contributed by atoms with Crippen molar-refractivity contribution in [3.63, 3.8) is 0 Å². The molecule has 1 aliphatic carbocycles. The molecule has 3 rings (SSSR count). The molecule has 1 atom stereocenters. The molecule has 5 heteroatoms. The number of hydrogen-bond donors (Lipinski definition) is 1. The molecule has 3 nitrogen and oxygen atoms in total. The van der Waals surface area contributed by atoms with Crippen LogP contribution in [0.1, 0.15) is 43.6 Å². The van der Waals surface area contributed by atoms with Crippen LogP contribution in [0.4, 0.5) is 5.82 Å². The van der Waals surface area contributed by atoms with Crippen molar-refractivity contribution in [1.82, 2.24) is 9.97 Å². The second-order valence-corrected chi connectivity index (χ2v) is 7.08. The fourth-order valence-electron chi connectivity index (χ4n) is 2.83. The van der Waals surface area contributed by atoms with Crippen LogP contribution in [-0.2, 0) is 12.8 Å². The first-order valence-corrected chi connectivity index (χ1v) is 8.60. The summed E-state index contributed by atoms with van der Waals surface area (Å²) >= 11 is 7.87. The van der Waals surface area contributed by atoms with Gasteiger partial charge >= 0.3 is 0 Å². The summed E-state index contributed by atoms with van der Waals surface area (Å²) in [4.78, 5) is 11.4. The maximum Gasteiger partial charge on any atom is 0.225 e. The molecule has 0 aliphatic heterocycles. The van der Waals surface area contributed by atoms with Crippen LogP contribution in [-0.4, -0.2) is 16.5 Å². The van der Waals surface area contributed by atoms with Crippen LogP contribution in [0.2, 0.25) is 5.28 Å². The molecule has 0 radical (unpaired) electrons. The van der Waals surface area contributed by atoms with E-state index in [1.807, 2.05) is 0 Å². The van der Waals surface area contributed by atoms with E-state index in [0.29, 0.717) is 5.28 Å². The van der Waals surface area contributed by atoms with Crippen molar-refractivity contribution in [3.8, 4) is 0 Å². The minimum absolute atomic E-state index is 0.350. The highest BCUT2D eigenvalue weighted by Crippen LogP contribution is 2.40. The fraction of sp³-hybridized carbons (Fsp3) is 0.600.